The number of benzene rings is 1. The van der Waals surface area contributed by atoms with Crippen molar-refractivity contribution in [3.63, 3.8) is 0 Å². The highest BCUT2D eigenvalue weighted by Crippen LogP contribution is 2.40. The molecule has 0 spiro atoms. The smallest absolute Gasteiger partial charge is 0.251 e. The van der Waals surface area contributed by atoms with Crippen molar-refractivity contribution in [2.45, 2.75) is 32.2 Å². The van der Waals surface area contributed by atoms with Gasteiger partial charge in [0, 0.05) is 0 Å². The summed E-state index contributed by atoms with van der Waals surface area (Å²) in [5.74, 6) is -2.59. The Hall–Kier alpha value is -1.89. The lowest BCUT2D eigenvalue weighted by molar-refractivity contribution is -0.141. The van der Waals surface area contributed by atoms with Crippen LogP contribution in [0, 0.1) is 17.6 Å². The molecule has 22 heavy (non-hydrogen) atoms. The zero-order valence-corrected chi connectivity index (χ0v) is 12.3. The van der Waals surface area contributed by atoms with Crippen LogP contribution in [-0.4, -0.2) is 47.3 Å². The molecule has 1 aromatic rings. The third-order valence-corrected chi connectivity index (χ3v) is 3.97. The lowest BCUT2D eigenvalue weighted by Crippen LogP contribution is -2.41. The van der Waals surface area contributed by atoms with Gasteiger partial charge < -0.3 is 19.5 Å². The van der Waals surface area contributed by atoms with Crippen LogP contribution in [0.1, 0.15) is 13.8 Å². The third-order valence-electron chi connectivity index (χ3n) is 3.97. The molecule has 7 heteroatoms. The predicted octanol–water partition coefficient (Wildman–Crippen LogP) is 1.33. The van der Waals surface area contributed by atoms with Gasteiger partial charge in [-0.15, -0.1) is 0 Å². The maximum Gasteiger partial charge on any atom is 0.251 e. The minimum Gasteiger partial charge on any atom is -0.478 e. The summed E-state index contributed by atoms with van der Waals surface area (Å²) in [7, 11) is 0. The number of ether oxygens (including phenoxy) is 2. The Morgan fingerprint density at radius 2 is 1.64 bits per heavy atom. The molecule has 1 amide bonds. The van der Waals surface area contributed by atoms with E-state index in [1.54, 1.807) is 13.8 Å². The molecule has 3 atom stereocenters. The summed E-state index contributed by atoms with van der Waals surface area (Å²) in [5, 5.41) is 9.86. The van der Waals surface area contributed by atoms with Gasteiger partial charge in [-0.05, 0) is 18.1 Å². The van der Waals surface area contributed by atoms with Crippen LogP contribution in [0.2, 0.25) is 0 Å². The molecule has 1 N–H and O–H groups in total. The van der Waals surface area contributed by atoms with Crippen molar-refractivity contribution in [3.05, 3.63) is 23.8 Å². The number of hydrogen-bond acceptors (Lipinski definition) is 4. The highest BCUT2D eigenvalue weighted by atomic mass is 19.1. The second-order valence-corrected chi connectivity index (χ2v) is 5.93. The van der Waals surface area contributed by atoms with E-state index >= 15 is 0 Å². The van der Waals surface area contributed by atoms with Gasteiger partial charge in [0.25, 0.3) is 5.91 Å². The molecular weight excluding hydrogens is 296 g/mol. The number of carbonyl (C=O) groups is 1. The number of halogens is 2. The molecule has 0 saturated carbocycles. The van der Waals surface area contributed by atoms with Crippen molar-refractivity contribution in [2.75, 3.05) is 13.1 Å². The predicted molar refractivity (Wildman–Crippen MR) is 72.6 cm³/mol. The molecule has 2 aliphatic heterocycles. The van der Waals surface area contributed by atoms with Crippen LogP contribution in [0.25, 0.3) is 0 Å². The minimum atomic E-state index is -1.11. The van der Waals surface area contributed by atoms with E-state index in [4.69, 9.17) is 9.47 Å². The van der Waals surface area contributed by atoms with E-state index in [0.717, 1.165) is 12.1 Å². The van der Waals surface area contributed by atoms with E-state index in [2.05, 4.69) is 0 Å². The van der Waals surface area contributed by atoms with Gasteiger partial charge in [0.1, 0.15) is 6.10 Å². The molecular formula is C15H17F2NO4. The second kappa shape index (κ2) is 5.39. The average Bonchev–Trinajstić information content (AvgIpc) is 2.91. The van der Waals surface area contributed by atoms with Gasteiger partial charge in [0.05, 0.1) is 13.1 Å². The molecule has 2 heterocycles. The topological polar surface area (TPSA) is 59.0 Å². The number of aliphatic hydroxyl groups is 1. The van der Waals surface area contributed by atoms with E-state index in [9.17, 15) is 18.7 Å². The molecule has 0 radical (unpaired) electrons. The van der Waals surface area contributed by atoms with E-state index < -0.39 is 35.9 Å². The molecule has 2 aliphatic rings. The molecule has 0 unspecified atom stereocenters. The van der Waals surface area contributed by atoms with Crippen molar-refractivity contribution in [2.24, 2.45) is 5.92 Å². The molecule has 3 rings (SSSR count). The highest BCUT2D eigenvalue weighted by Gasteiger charge is 2.44. The fourth-order valence-corrected chi connectivity index (χ4v) is 2.66. The van der Waals surface area contributed by atoms with Crippen molar-refractivity contribution < 1.29 is 28.2 Å². The fraction of sp³-hybridized carbons (Fsp3) is 0.533. The molecule has 0 aliphatic carbocycles. The Labute approximate surface area is 126 Å². The van der Waals surface area contributed by atoms with E-state index in [1.807, 2.05) is 0 Å². The van der Waals surface area contributed by atoms with Crippen LogP contribution in [0.5, 0.6) is 11.5 Å². The van der Waals surface area contributed by atoms with Gasteiger partial charge in [-0.3, -0.25) is 4.79 Å². The van der Waals surface area contributed by atoms with Crippen LogP contribution in [-0.2, 0) is 4.79 Å². The van der Waals surface area contributed by atoms with Crippen LogP contribution < -0.4 is 9.47 Å². The van der Waals surface area contributed by atoms with E-state index in [1.165, 1.54) is 4.90 Å². The lowest BCUT2D eigenvalue weighted by Gasteiger charge is -2.28. The zero-order chi connectivity index (χ0) is 16.0. The summed E-state index contributed by atoms with van der Waals surface area (Å²) >= 11 is 0. The molecule has 0 bridgehead atoms. The second-order valence-electron chi connectivity index (χ2n) is 5.93. The monoisotopic (exact) mass is 313 g/mol. The fourth-order valence-electron chi connectivity index (χ4n) is 2.66. The number of rotatable bonds is 2. The standard InChI is InChI=1S/C15H17F2NO4/c1-7(2)12(19)15(20)18-5-10-11(6-18)22-14-9(17)4-3-8(16)13(14)21-10/h3-4,7,10-12,19H,5-6H2,1-2H3/t10-,11+,12-/m0/s1. The number of nitrogens with zero attached hydrogens (tertiary/aromatic N) is 1. The molecule has 120 valence electrons. The first-order valence-electron chi connectivity index (χ1n) is 7.16. The quantitative estimate of drug-likeness (QED) is 0.895. The third kappa shape index (κ3) is 2.39. The van der Waals surface area contributed by atoms with Gasteiger partial charge in [0.15, 0.2) is 23.8 Å². The Balaban J connectivity index is 1.78. The van der Waals surface area contributed by atoms with Gasteiger partial charge >= 0.3 is 0 Å². The Morgan fingerprint density at radius 3 is 2.05 bits per heavy atom. The van der Waals surface area contributed by atoms with Crippen molar-refractivity contribution in [1.82, 2.24) is 4.90 Å². The molecule has 0 aromatic heterocycles. The zero-order valence-electron chi connectivity index (χ0n) is 12.3. The summed E-state index contributed by atoms with van der Waals surface area (Å²) < 4.78 is 38.4. The molecule has 5 nitrogen and oxygen atoms in total. The van der Waals surface area contributed by atoms with Gasteiger partial charge in [0.2, 0.25) is 11.5 Å². The maximum atomic E-state index is 13.7. The summed E-state index contributed by atoms with van der Waals surface area (Å²) in [6.07, 6.45) is -2.27. The van der Waals surface area contributed by atoms with Gasteiger partial charge in [-0.2, -0.15) is 0 Å². The first kappa shape index (κ1) is 15.0. The van der Waals surface area contributed by atoms with E-state index in [-0.39, 0.29) is 30.5 Å². The van der Waals surface area contributed by atoms with Crippen molar-refractivity contribution >= 4 is 5.91 Å². The summed E-state index contributed by atoms with van der Waals surface area (Å²) in [4.78, 5) is 13.6. The minimum absolute atomic E-state index is 0.169. The van der Waals surface area contributed by atoms with Crippen LogP contribution >= 0.6 is 0 Å². The highest BCUT2D eigenvalue weighted by molar-refractivity contribution is 5.81. The van der Waals surface area contributed by atoms with Gasteiger partial charge in [-0.25, -0.2) is 8.78 Å². The number of likely N-dealkylation sites (tertiary alicyclic amines) is 1. The summed E-state index contributed by atoms with van der Waals surface area (Å²) in [6, 6.07) is 1.94. The Morgan fingerprint density at radius 1 is 1.18 bits per heavy atom. The number of fused-ring (bicyclic) bond motifs is 2. The first-order chi connectivity index (χ1) is 10.4. The molecule has 1 saturated heterocycles. The van der Waals surface area contributed by atoms with Crippen LogP contribution in [0.3, 0.4) is 0 Å². The van der Waals surface area contributed by atoms with Gasteiger partial charge in [-0.1, -0.05) is 13.8 Å². The normalized spacial score (nSPS) is 24.4. The lowest BCUT2D eigenvalue weighted by atomic mass is 10.1. The van der Waals surface area contributed by atoms with Crippen molar-refractivity contribution in [1.29, 1.82) is 0 Å². The number of aliphatic hydroxyl groups excluding tert-OH is 1. The summed E-state index contributed by atoms with van der Waals surface area (Å²) in [5.41, 5.74) is 0. The van der Waals surface area contributed by atoms with E-state index in [0.29, 0.717) is 0 Å². The number of amides is 1. The average molecular weight is 313 g/mol. The van der Waals surface area contributed by atoms with Crippen molar-refractivity contribution in [3.8, 4) is 11.5 Å². The SMILES string of the molecule is CC(C)[C@H](O)C(=O)N1C[C@@H]2Oc3c(F)ccc(F)c3O[C@@H]2C1. The number of carbonyl (C=O) groups excluding carboxylic acids is 1. The Kier molecular flexibility index (Phi) is 3.68. The number of hydrogen-bond donors (Lipinski definition) is 1. The summed E-state index contributed by atoms with van der Waals surface area (Å²) in [6.45, 7) is 3.81. The first-order valence-corrected chi connectivity index (χ1v) is 7.16. The molecule has 1 fully saturated rings. The molecule has 1 aromatic carbocycles. The Bertz CT molecular complexity index is 568. The largest absolute Gasteiger partial charge is 0.478 e. The maximum absolute atomic E-state index is 13.7. The van der Waals surface area contributed by atoms with Crippen LogP contribution in [0.4, 0.5) is 8.78 Å². The van der Waals surface area contributed by atoms with Crippen LogP contribution in [0.15, 0.2) is 12.1 Å².